The smallest absolute Gasteiger partial charge is 0.310 e. The molecule has 0 saturated carbocycles. The van der Waals surface area contributed by atoms with E-state index in [-0.39, 0.29) is 11.8 Å². The summed E-state index contributed by atoms with van der Waals surface area (Å²) in [4.78, 5) is 35.1. The molecule has 1 unspecified atom stereocenters. The van der Waals surface area contributed by atoms with Crippen LogP contribution < -0.4 is 4.90 Å². The van der Waals surface area contributed by atoms with E-state index in [2.05, 4.69) is 0 Å². The molecule has 98 valence electrons. The van der Waals surface area contributed by atoms with Crippen LogP contribution in [-0.4, -0.2) is 22.9 Å². The molecule has 1 aromatic rings. The standard InChI is InChI=1S/C14H13NO4/c1-2-11(14(18)19)9-3-5-10(6-4-9)15-12(16)7-8-13(15)17/h3-8,11H,2H2,1H3,(H,18,19). The average Bonchev–Trinajstić information content (AvgIpc) is 2.71. The van der Waals surface area contributed by atoms with Crippen LogP contribution in [0.15, 0.2) is 36.4 Å². The Labute approximate surface area is 110 Å². The van der Waals surface area contributed by atoms with Crippen molar-refractivity contribution in [1.29, 1.82) is 0 Å². The number of carboxylic acids is 1. The Morgan fingerprint density at radius 1 is 1.16 bits per heavy atom. The molecule has 0 radical (unpaired) electrons. The van der Waals surface area contributed by atoms with Crippen LogP contribution in [-0.2, 0) is 14.4 Å². The molecule has 0 aromatic heterocycles. The number of carboxylic acid groups (broad SMARTS) is 1. The minimum absolute atomic E-state index is 0.386. The SMILES string of the molecule is CCC(C(=O)O)c1ccc(N2C(=O)C=CC2=O)cc1. The van der Waals surface area contributed by atoms with Gasteiger partial charge in [0.2, 0.25) is 0 Å². The van der Waals surface area contributed by atoms with Gasteiger partial charge in [0.25, 0.3) is 11.8 Å². The summed E-state index contributed by atoms with van der Waals surface area (Å²) in [6, 6.07) is 6.44. The molecular weight excluding hydrogens is 246 g/mol. The second kappa shape index (κ2) is 5.06. The van der Waals surface area contributed by atoms with Crippen LogP contribution in [0.3, 0.4) is 0 Å². The number of rotatable bonds is 4. The lowest BCUT2D eigenvalue weighted by atomic mass is 9.96. The number of anilines is 1. The topological polar surface area (TPSA) is 74.7 Å². The van der Waals surface area contributed by atoms with Gasteiger partial charge in [-0.3, -0.25) is 14.4 Å². The van der Waals surface area contributed by atoms with Crippen molar-refractivity contribution in [1.82, 2.24) is 0 Å². The van der Waals surface area contributed by atoms with Gasteiger partial charge in [0.1, 0.15) is 0 Å². The summed E-state index contributed by atoms with van der Waals surface area (Å²) in [6.07, 6.45) is 2.91. The summed E-state index contributed by atoms with van der Waals surface area (Å²) in [5.41, 5.74) is 1.11. The summed E-state index contributed by atoms with van der Waals surface area (Å²) in [6.45, 7) is 1.80. The van der Waals surface area contributed by atoms with Crippen molar-refractivity contribution in [3.8, 4) is 0 Å². The van der Waals surface area contributed by atoms with Crippen molar-refractivity contribution < 1.29 is 19.5 Å². The normalized spacial score (nSPS) is 15.9. The molecule has 0 fully saturated rings. The van der Waals surface area contributed by atoms with E-state index < -0.39 is 11.9 Å². The van der Waals surface area contributed by atoms with Gasteiger partial charge in [-0.2, -0.15) is 0 Å². The molecule has 19 heavy (non-hydrogen) atoms. The zero-order valence-corrected chi connectivity index (χ0v) is 10.4. The van der Waals surface area contributed by atoms with Gasteiger partial charge in [0.05, 0.1) is 11.6 Å². The Bertz CT molecular complexity index is 541. The highest BCUT2D eigenvalue weighted by Gasteiger charge is 2.25. The van der Waals surface area contributed by atoms with Crippen molar-refractivity contribution >= 4 is 23.5 Å². The summed E-state index contributed by atoms with van der Waals surface area (Å²) in [5.74, 6) is -2.23. The number of amides is 2. The molecule has 1 N–H and O–H groups in total. The highest BCUT2D eigenvalue weighted by molar-refractivity contribution is 6.28. The fourth-order valence-corrected chi connectivity index (χ4v) is 2.06. The largest absolute Gasteiger partial charge is 0.481 e. The molecule has 0 aliphatic carbocycles. The van der Waals surface area contributed by atoms with E-state index in [1.165, 1.54) is 12.2 Å². The number of carbonyl (C=O) groups is 3. The molecule has 1 aromatic carbocycles. The zero-order chi connectivity index (χ0) is 14.0. The molecule has 5 nitrogen and oxygen atoms in total. The predicted molar refractivity (Wildman–Crippen MR) is 68.7 cm³/mol. The maximum atomic E-state index is 11.5. The van der Waals surface area contributed by atoms with Crippen LogP contribution in [0.25, 0.3) is 0 Å². The second-order valence-electron chi connectivity index (χ2n) is 4.24. The fraction of sp³-hybridized carbons (Fsp3) is 0.214. The summed E-state index contributed by atoms with van der Waals surface area (Å²) in [7, 11) is 0. The molecule has 0 bridgehead atoms. The van der Waals surface area contributed by atoms with Crippen LogP contribution in [0.2, 0.25) is 0 Å². The van der Waals surface area contributed by atoms with Crippen molar-refractivity contribution in [3.63, 3.8) is 0 Å². The Morgan fingerprint density at radius 2 is 1.68 bits per heavy atom. The van der Waals surface area contributed by atoms with Gasteiger partial charge in [-0.1, -0.05) is 19.1 Å². The van der Waals surface area contributed by atoms with E-state index in [1.54, 1.807) is 31.2 Å². The van der Waals surface area contributed by atoms with Gasteiger partial charge < -0.3 is 5.11 Å². The van der Waals surface area contributed by atoms with Gasteiger partial charge >= 0.3 is 5.97 Å². The van der Waals surface area contributed by atoms with Crippen molar-refractivity contribution in [2.75, 3.05) is 4.90 Å². The van der Waals surface area contributed by atoms with Crippen LogP contribution >= 0.6 is 0 Å². The summed E-state index contributed by atoms with van der Waals surface area (Å²) in [5, 5.41) is 9.06. The quantitative estimate of drug-likeness (QED) is 0.835. The highest BCUT2D eigenvalue weighted by atomic mass is 16.4. The first-order valence-corrected chi connectivity index (χ1v) is 5.93. The Morgan fingerprint density at radius 3 is 2.11 bits per heavy atom. The molecule has 5 heteroatoms. The molecule has 0 saturated heterocycles. The van der Waals surface area contributed by atoms with E-state index in [1.807, 2.05) is 0 Å². The third kappa shape index (κ3) is 2.40. The number of hydrogen-bond acceptors (Lipinski definition) is 3. The van der Waals surface area contributed by atoms with Crippen molar-refractivity contribution in [2.45, 2.75) is 19.3 Å². The maximum Gasteiger partial charge on any atom is 0.310 e. The first kappa shape index (κ1) is 13.0. The molecule has 0 spiro atoms. The van der Waals surface area contributed by atoms with Gasteiger partial charge in [0.15, 0.2) is 0 Å². The van der Waals surface area contributed by atoms with Crippen LogP contribution in [0.4, 0.5) is 5.69 Å². The van der Waals surface area contributed by atoms with Gasteiger partial charge in [0, 0.05) is 12.2 Å². The van der Waals surface area contributed by atoms with Gasteiger partial charge in [-0.15, -0.1) is 0 Å². The maximum absolute atomic E-state index is 11.5. The number of benzene rings is 1. The summed E-state index contributed by atoms with van der Waals surface area (Å²) < 4.78 is 0. The van der Waals surface area contributed by atoms with Crippen LogP contribution in [0.1, 0.15) is 24.8 Å². The zero-order valence-electron chi connectivity index (χ0n) is 10.4. The Balaban J connectivity index is 2.26. The Kier molecular flexibility index (Phi) is 3.46. The molecular formula is C14H13NO4. The molecule has 1 aliphatic rings. The third-order valence-electron chi connectivity index (χ3n) is 3.07. The lowest BCUT2D eigenvalue weighted by Crippen LogP contribution is -2.29. The second-order valence-corrected chi connectivity index (χ2v) is 4.24. The monoisotopic (exact) mass is 259 g/mol. The first-order valence-electron chi connectivity index (χ1n) is 5.93. The number of imide groups is 1. The van der Waals surface area contributed by atoms with Crippen molar-refractivity contribution in [2.24, 2.45) is 0 Å². The Hall–Kier alpha value is -2.43. The molecule has 2 rings (SSSR count). The summed E-state index contributed by atoms with van der Waals surface area (Å²) >= 11 is 0. The first-order chi connectivity index (χ1) is 9.04. The van der Waals surface area contributed by atoms with Crippen LogP contribution in [0.5, 0.6) is 0 Å². The fourth-order valence-electron chi connectivity index (χ4n) is 2.06. The number of nitrogens with zero attached hydrogens (tertiary/aromatic N) is 1. The lowest BCUT2D eigenvalue weighted by molar-refractivity contribution is -0.138. The number of carbonyl (C=O) groups excluding carboxylic acids is 2. The number of aliphatic carboxylic acids is 1. The van der Waals surface area contributed by atoms with Gasteiger partial charge in [-0.05, 0) is 24.1 Å². The lowest BCUT2D eigenvalue weighted by Gasteiger charge is -2.15. The number of hydrogen-bond donors (Lipinski definition) is 1. The molecule has 1 atom stereocenters. The third-order valence-corrected chi connectivity index (χ3v) is 3.07. The minimum Gasteiger partial charge on any atom is -0.481 e. The predicted octanol–water partition coefficient (Wildman–Crippen LogP) is 1.69. The van der Waals surface area contributed by atoms with Gasteiger partial charge in [-0.25, -0.2) is 4.90 Å². The van der Waals surface area contributed by atoms with E-state index in [4.69, 9.17) is 5.11 Å². The van der Waals surface area contributed by atoms with Crippen LogP contribution in [0, 0.1) is 0 Å². The average molecular weight is 259 g/mol. The van der Waals surface area contributed by atoms with E-state index in [9.17, 15) is 14.4 Å². The molecule has 1 aliphatic heterocycles. The van der Waals surface area contributed by atoms with Crippen molar-refractivity contribution in [3.05, 3.63) is 42.0 Å². The molecule has 1 heterocycles. The van der Waals surface area contributed by atoms with E-state index in [0.29, 0.717) is 17.7 Å². The molecule has 2 amide bonds. The highest BCUT2D eigenvalue weighted by Crippen LogP contribution is 2.24. The van der Waals surface area contributed by atoms with E-state index >= 15 is 0 Å². The van der Waals surface area contributed by atoms with E-state index in [0.717, 1.165) is 4.90 Å². The minimum atomic E-state index is -0.884.